The maximum Gasteiger partial charge on any atom is 0.168 e. The molecule has 11 heavy (non-hydrogen) atoms. The van der Waals surface area contributed by atoms with Crippen molar-refractivity contribution < 1.29 is 9.53 Å². The van der Waals surface area contributed by atoms with Crippen molar-refractivity contribution in [3.63, 3.8) is 0 Å². The van der Waals surface area contributed by atoms with Gasteiger partial charge in [-0.25, -0.2) is 0 Å². The maximum atomic E-state index is 10.7. The minimum atomic E-state index is 0.112. The van der Waals surface area contributed by atoms with Crippen LogP contribution in [-0.2, 0) is 9.53 Å². The van der Waals surface area contributed by atoms with Gasteiger partial charge in [0.15, 0.2) is 5.78 Å². The van der Waals surface area contributed by atoms with Gasteiger partial charge in [-0.15, -0.1) is 0 Å². The van der Waals surface area contributed by atoms with Gasteiger partial charge >= 0.3 is 0 Å². The number of alkyl halides is 1. The molecule has 0 fully saturated rings. The standard InChI is InChI=1S/C8H15BrO2/c1-2-3-4-5-11-7-8(10)6-9/h2-7H2,1H3. The SMILES string of the molecule is CCCCCOCC(=O)CBr. The lowest BCUT2D eigenvalue weighted by Gasteiger charge is -2.00. The molecule has 3 heteroatoms. The first-order valence-corrected chi connectivity index (χ1v) is 5.08. The molecule has 0 saturated carbocycles. The van der Waals surface area contributed by atoms with Gasteiger partial charge in [-0.1, -0.05) is 35.7 Å². The van der Waals surface area contributed by atoms with Crippen molar-refractivity contribution in [3.05, 3.63) is 0 Å². The molecule has 0 aliphatic carbocycles. The molecule has 0 unspecified atom stereocenters. The summed E-state index contributed by atoms with van der Waals surface area (Å²) in [6, 6.07) is 0. The van der Waals surface area contributed by atoms with Crippen molar-refractivity contribution in [3.8, 4) is 0 Å². The van der Waals surface area contributed by atoms with Crippen LogP contribution >= 0.6 is 15.9 Å². The molecule has 0 aromatic heterocycles. The summed E-state index contributed by atoms with van der Waals surface area (Å²) in [5.74, 6) is 0.112. The Bertz CT molecular complexity index is 104. The van der Waals surface area contributed by atoms with Gasteiger partial charge in [0.25, 0.3) is 0 Å². The quantitative estimate of drug-likeness (QED) is 0.488. The van der Waals surface area contributed by atoms with E-state index in [9.17, 15) is 4.79 Å². The Hall–Kier alpha value is 0.110. The fourth-order valence-corrected chi connectivity index (χ4v) is 0.841. The highest BCUT2D eigenvalue weighted by molar-refractivity contribution is 9.09. The summed E-state index contributed by atoms with van der Waals surface area (Å²) in [6.07, 6.45) is 3.43. The number of hydrogen-bond donors (Lipinski definition) is 0. The molecule has 0 bridgehead atoms. The maximum absolute atomic E-state index is 10.7. The normalized spacial score (nSPS) is 10.0. The largest absolute Gasteiger partial charge is 0.374 e. The van der Waals surface area contributed by atoms with Crippen LogP contribution in [0.1, 0.15) is 26.2 Å². The first kappa shape index (κ1) is 11.1. The molecular formula is C8H15BrO2. The third-order valence-electron chi connectivity index (χ3n) is 1.30. The van der Waals surface area contributed by atoms with Gasteiger partial charge in [-0.2, -0.15) is 0 Å². The second-order valence-corrected chi connectivity index (χ2v) is 2.99. The van der Waals surface area contributed by atoms with Crippen LogP contribution in [0.15, 0.2) is 0 Å². The van der Waals surface area contributed by atoms with E-state index >= 15 is 0 Å². The van der Waals surface area contributed by atoms with Gasteiger partial charge in [-0.3, -0.25) is 4.79 Å². The number of halogens is 1. The summed E-state index contributed by atoms with van der Waals surface area (Å²) in [5, 5.41) is 0.404. The summed E-state index contributed by atoms with van der Waals surface area (Å²) in [4.78, 5) is 10.7. The third kappa shape index (κ3) is 8.01. The lowest BCUT2D eigenvalue weighted by Crippen LogP contribution is -2.09. The topological polar surface area (TPSA) is 26.3 Å². The molecule has 0 heterocycles. The van der Waals surface area contributed by atoms with Crippen LogP contribution in [0.2, 0.25) is 0 Å². The van der Waals surface area contributed by atoms with Gasteiger partial charge < -0.3 is 4.74 Å². The van der Waals surface area contributed by atoms with E-state index in [0.29, 0.717) is 11.9 Å². The van der Waals surface area contributed by atoms with Crippen LogP contribution in [0.25, 0.3) is 0 Å². The summed E-state index contributed by atoms with van der Waals surface area (Å²) >= 11 is 3.07. The highest BCUT2D eigenvalue weighted by Crippen LogP contribution is 1.94. The zero-order chi connectivity index (χ0) is 8.53. The van der Waals surface area contributed by atoms with Crippen LogP contribution in [0.4, 0.5) is 0 Å². The van der Waals surface area contributed by atoms with Crippen molar-refractivity contribution in [2.24, 2.45) is 0 Å². The average molecular weight is 223 g/mol. The molecule has 0 atom stereocenters. The van der Waals surface area contributed by atoms with Gasteiger partial charge in [0, 0.05) is 6.61 Å². The van der Waals surface area contributed by atoms with Gasteiger partial charge in [0.1, 0.15) is 6.61 Å². The van der Waals surface area contributed by atoms with E-state index in [1.807, 2.05) is 0 Å². The fraction of sp³-hybridized carbons (Fsp3) is 0.875. The minimum absolute atomic E-state index is 0.112. The van der Waals surface area contributed by atoms with E-state index in [4.69, 9.17) is 4.74 Å². The molecule has 0 aliphatic rings. The molecule has 0 saturated heterocycles. The van der Waals surface area contributed by atoms with Gasteiger partial charge in [-0.05, 0) is 6.42 Å². The van der Waals surface area contributed by atoms with Crippen molar-refractivity contribution in [1.82, 2.24) is 0 Å². The highest BCUT2D eigenvalue weighted by atomic mass is 79.9. The van der Waals surface area contributed by atoms with E-state index < -0.39 is 0 Å². The summed E-state index contributed by atoms with van der Waals surface area (Å²) in [7, 11) is 0. The predicted molar refractivity (Wildman–Crippen MR) is 49.1 cm³/mol. The fourth-order valence-electron chi connectivity index (χ4n) is 0.679. The van der Waals surface area contributed by atoms with Crippen molar-refractivity contribution in [2.75, 3.05) is 18.5 Å². The second-order valence-electron chi connectivity index (χ2n) is 2.43. The number of ketones is 1. The van der Waals surface area contributed by atoms with E-state index in [0.717, 1.165) is 6.42 Å². The molecule has 2 nitrogen and oxygen atoms in total. The molecule has 0 aliphatic heterocycles. The molecule has 0 radical (unpaired) electrons. The first-order valence-electron chi connectivity index (χ1n) is 3.96. The van der Waals surface area contributed by atoms with Crippen LogP contribution in [-0.4, -0.2) is 24.3 Å². The number of unbranched alkanes of at least 4 members (excludes halogenated alkanes) is 2. The van der Waals surface area contributed by atoms with Crippen LogP contribution < -0.4 is 0 Å². The predicted octanol–water partition coefficient (Wildman–Crippen LogP) is 2.16. The van der Waals surface area contributed by atoms with Crippen LogP contribution in [0.5, 0.6) is 0 Å². The highest BCUT2D eigenvalue weighted by Gasteiger charge is 1.97. The Labute approximate surface area is 76.4 Å². The first-order chi connectivity index (χ1) is 5.31. The Kier molecular flexibility index (Phi) is 8.29. The smallest absolute Gasteiger partial charge is 0.168 e. The van der Waals surface area contributed by atoms with E-state index in [2.05, 4.69) is 22.9 Å². The van der Waals surface area contributed by atoms with Gasteiger partial charge in [0.2, 0.25) is 0 Å². The molecule has 0 spiro atoms. The van der Waals surface area contributed by atoms with Crippen LogP contribution in [0.3, 0.4) is 0 Å². The number of carbonyl (C=O) groups is 1. The Morgan fingerprint density at radius 1 is 1.45 bits per heavy atom. The van der Waals surface area contributed by atoms with Crippen LogP contribution in [0, 0.1) is 0 Å². The molecule has 0 N–H and O–H groups in total. The monoisotopic (exact) mass is 222 g/mol. The lowest BCUT2D eigenvalue weighted by molar-refractivity contribution is -0.120. The Morgan fingerprint density at radius 2 is 2.18 bits per heavy atom. The number of Topliss-reactive ketones (excluding diaryl/α,β-unsaturated/α-hetero) is 1. The summed E-state index contributed by atoms with van der Waals surface area (Å²) in [6.45, 7) is 3.12. The van der Waals surface area contributed by atoms with E-state index in [1.165, 1.54) is 12.8 Å². The van der Waals surface area contributed by atoms with Crippen molar-refractivity contribution >= 4 is 21.7 Å². The molecule has 0 amide bonds. The number of rotatable bonds is 7. The molecule has 0 aromatic rings. The molecule has 0 aromatic carbocycles. The number of carbonyl (C=O) groups excluding carboxylic acids is 1. The van der Waals surface area contributed by atoms with E-state index in [1.54, 1.807) is 0 Å². The van der Waals surface area contributed by atoms with E-state index in [-0.39, 0.29) is 12.4 Å². The Balaban J connectivity index is 2.95. The summed E-state index contributed by atoms with van der Waals surface area (Å²) < 4.78 is 5.11. The van der Waals surface area contributed by atoms with Crippen molar-refractivity contribution in [1.29, 1.82) is 0 Å². The zero-order valence-corrected chi connectivity index (χ0v) is 8.52. The second kappa shape index (κ2) is 8.21. The molecule has 0 rings (SSSR count). The summed E-state index contributed by atoms with van der Waals surface area (Å²) in [5.41, 5.74) is 0. The molecular weight excluding hydrogens is 208 g/mol. The van der Waals surface area contributed by atoms with Gasteiger partial charge in [0.05, 0.1) is 5.33 Å². The Morgan fingerprint density at radius 3 is 2.73 bits per heavy atom. The third-order valence-corrected chi connectivity index (χ3v) is 1.93. The average Bonchev–Trinajstić information content (AvgIpc) is 2.04. The molecule has 66 valence electrons. The minimum Gasteiger partial charge on any atom is -0.374 e. The zero-order valence-electron chi connectivity index (χ0n) is 6.94. The van der Waals surface area contributed by atoms with Crippen molar-refractivity contribution in [2.45, 2.75) is 26.2 Å². The number of ether oxygens (including phenoxy) is 1. The number of hydrogen-bond acceptors (Lipinski definition) is 2. The lowest BCUT2D eigenvalue weighted by atomic mass is 10.3.